The van der Waals surface area contributed by atoms with Crippen molar-refractivity contribution in [3.05, 3.63) is 35.4 Å². The summed E-state index contributed by atoms with van der Waals surface area (Å²) in [6, 6.07) is 3.72. The molecule has 0 saturated carbocycles. The second-order valence-corrected chi connectivity index (χ2v) is 10.6. The Morgan fingerprint density at radius 2 is 1.70 bits per heavy atom. The molecule has 0 aliphatic carbocycles. The molecule has 1 aromatic rings. The second kappa shape index (κ2) is 10.9. The number of quaternary nitrogens is 1. The minimum Gasteiger partial charge on any atom is -0.391 e. The van der Waals surface area contributed by atoms with E-state index >= 15 is 0 Å². The zero-order valence-electron chi connectivity index (χ0n) is 21.8. The Morgan fingerprint density at radius 3 is 2.22 bits per heavy atom. The number of aliphatic hydroxyl groups is 2. The largest absolute Gasteiger partial charge is 0.391 e. The topological polar surface area (TPSA) is 190 Å². The van der Waals surface area contributed by atoms with Crippen LogP contribution in [0.3, 0.4) is 0 Å². The summed E-state index contributed by atoms with van der Waals surface area (Å²) in [5.74, 6) is -2.88. The quantitative estimate of drug-likeness (QED) is 0.254. The summed E-state index contributed by atoms with van der Waals surface area (Å²) in [4.78, 5) is 55.3. The summed E-state index contributed by atoms with van der Waals surface area (Å²) < 4.78 is -0.762. The number of nitrogens with two attached hydrogens (primary N) is 3. The van der Waals surface area contributed by atoms with E-state index in [1.165, 1.54) is 18.7 Å². The number of hydrogen-bond acceptors (Lipinski definition) is 7. The number of amides is 4. The number of benzene rings is 1. The van der Waals surface area contributed by atoms with Crippen molar-refractivity contribution in [3.8, 4) is 0 Å². The van der Waals surface area contributed by atoms with Crippen molar-refractivity contribution in [2.24, 2.45) is 17.2 Å². The third-order valence-corrected chi connectivity index (χ3v) is 8.18. The molecular weight excluding hydrogens is 478 g/mol. The minimum absolute atomic E-state index is 0.0487. The van der Waals surface area contributed by atoms with E-state index in [2.05, 4.69) is 0 Å². The van der Waals surface area contributed by atoms with E-state index in [9.17, 15) is 29.4 Å². The first-order chi connectivity index (χ1) is 17.3. The summed E-state index contributed by atoms with van der Waals surface area (Å²) in [5, 5.41) is 20.7. The van der Waals surface area contributed by atoms with Crippen LogP contribution >= 0.6 is 0 Å². The summed E-state index contributed by atoms with van der Waals surface area (Å²) in [7, 11) is 0. The van der Waals surface area contributed by atoms with Gasteiger partial charge in [0, 0.05) is 25.8 Å². The summed E-state index contributed by atoms with van der Waals surface area (Å²) in [6.45, 7) is 4.95. The van der Waals surface area contributed by atoms with Gasteiger partial charge >= 0.3 is 5.91 Å². The Morgan fingerprint density at radius 1 is 1.08 bits per heavy atom. The molecule has 4 amide bonds. The fourth-order valence-corrected chi connectivity index (χ4v) is 6.35. The van der Waals surface area contributed by atoms with Crippen LogP contribution in [0.4, 0.5) is 0 Å². The van der Waals surface area contributed by atoms with Gasteiger partial charge < -0.3 is 32.3 Å². The molecule has 11 nitrogen and oxygen atoms in total. The van der Waals surface area contributed by atoms with Crippen LogP contribution in [0.5, 0.6) is 0 Å². The SMILES string of the molecule is Cc1ccc(CC2(C(N)=O)CCC[N+]2(C(=O)[C@@H]2CCCN2C(=O)[C@@H](N)[C@@H](C)O)[C@H](C(N)=O)[C@@H](C)O)cc1. The fourth-order valence-electron chi connectivity index (χ4n) is 6.35. The lowest BCUT2D eigenvalue weighted by atomic mass is 9.82. The highest BCUT2D eigenvalue weighted by Gasteiger charge is 2.70. The van der Waals surface area contributed by atoms with Crippen LogP contribution in [0, 0.1) is 6.92 Å². The third-order valence-electron chi connectivity index (χ3n) is 8.18. The van der Waals surface area contributed by atoms with Crippen LogP contribution in [0.15, 0.2) is 24.3 Å². The Labute approximate surface area is 217 Å². The molecule has 2 aliphatic heterocycles. The van der Waals surface area contributed by atoms with Gasteiger partial charge in [0.25, 0.3) is 11.8 Å². The van der Waals surface area contributed by atoms with Crippen LogP contribution < -0.4 is 17.2 Å². The van der Waals surface area contributed by atoms with E-state index in [1.807, 2.05) is 31.2 Å². The molecule has 2 aliphatic rings. The van der Waals surface area contributed by atoms with Crippen LogP contribution in [0.1, 0.15) is 50.7 Å². The van der Waals surface area contributed by atoms with Gasteiger partial charge in [0.15, 0.2) is 5.54 Å². The first kappa shape index (κ1) is 28.7. The van der Waals surface area contributed by atoms with Crippen molar-refractivity contribution < 1.29 is 33.9 Å². The Hall–Kier alpha value is -2.86. The summed E-state index contributed by atoms with van der Waals surface area (Å²) in [5.41, 5.74) is 18.0. The van der Waals surface area contributed by atoms with Crippen molar-refractivity contribution >= 4 is 23.6 Å². The van der Waals surface area contributed by atoms with Gasteiger partial charge in [0.1, 0.15) is 18.2 Å². The van der Waals surface area contributed by atoms with Crippen molar-refractivity contribution in [2.45, 2.75) is 88.7 Å². The number of carbonyl (C=O) groups excluding carboxylic acids is 4. The summed E-state index contributed by atoms with van der Waals surface area (Å²) >= 11 is 0. The van der Waals surface area contributed by atoms with Gasteiger partial charge in [-0.25, -0.2) is 9.28 Å². The lowest BCUT2D eigenvalue weighted by molar-refractivity contribution is -0.902. The fraction of sp³-hybridized carbons (Fsp3) is 0.615. The molecule has 2 unspecified atom stereocenters. The number of aryl methyl sites for hydroxylation is 1. The average Bonchev–Trinajstić information content (AvgIpc) is 3.45. The van der Waals surface area contributed by atoms with Gasteiger partial charge in [-0.1, -0.05) is 29.8 Å². The molecule has 11 heteroatoms. The van der Waals surface area contributed by atoms with Gasteiger partial charge in [-0.15, -0.1) is 0 Å². The van der Waals surface area contributed by atoms with Gasteiger partial charge in [-0.2, -0.15) is 0 Å². The predicted molar refractivity (Wildman–Crippen MR) is 135 cm³/mol. The molecule has 1 aromatic carbocycles. The molecule has 2 saturated heterocycles. The molecule has 2 heterocycles. The molecule has 0 aromatic heterocycles. The Balaban J connectivity index is 2.21. The highest BCUT2D eigenvalue weighted by molar-refractivity contribution is 5.93. The van der Waals surface area contributed by atoms with Crippen molar-refractivity contribution in [2.75, 3.05) is 13.1 Å². The van der Waals surface area contributed by atoms with Crippen LogP contribution in [0.25, 0.3) is 0 Å². The number of primary amides is 2. The van der Waals surface area contributed by atoms with Crippen LogP contribution in [0.2, 0.25) is 0 Å². The first-order valence-corrected chi connectivity index (χ1v) is 12.8. The number of rotatable bonds is 9. The van der Waals surface area contributed by atoms with E-state index < -0.39 is 64.0 Å². The smallest absolute Gasteiger partial charge is 0.337 e. The minimum atomic E-state index is -1.58. The lowest BCUT2D eigenvalue weighted by Crippen LogP contribution is -2.79. The molecule has 37 heavy (non-hydrogen) atoms. The van der Waals surface area contributed by atoms with Crippen LogP contribution in [-0.4, -0.2) is 92.2 Å². The number of hydrogen-bond donors (Lipinski definition) is 5. The third kappa shape index (κ3) is 4.88. The van der Waals surface area contributed by atoms with Crippen molar-refractivity contribution in [1.29, 1.82) is 0 Å². The maximum Gasteiger partial charge on any atom is 0.337 e. The van der Waals surface area contributed by atoms with Crippen molar-refractivity contribution in [3.63, 3.8) is 0 Å². The molecule has 7 atom stereocenters. The van der Waals surface area contributed by atoms with Gasteiger partial charge in [-0.05, 0) is 39.2 Å². The molecule has 8 N–H and O–H groups in total. The number of likely N-dealkylation sites (tertiary alicyclic amines) is 2. The van der Waals surface area contributed by atoms with Crippen LogP contribution in [-0.2, 0) is 25.6 Å². The highest BCUT2D eigenvalue weighted by Crippen LogP contribution is 2.45. The summed E-state index contributed by atoms with van der Waals surface area (Å²) in [6.07, 6.45) is -1.11. The number of carbonyl (C=O) groups is 4. The molecule has 0 radical (unpaired) electrons. The van der Waals surface area contributed by atoms with E-state index in [0.29, 0.717) is 12.8 Å². The molecule has 2 fully saturated rings. The molecule has 3 rings (SSSR count). The molecule has 0 bridgehead atoms. The standard InChI is InChI=1S/C26H39N5O6/c1-15-7-9-18(10-8-15)14-26(25(29)37)11-5-13-31(26,21(17(3)33)22(28)34)24(36)19-6-4-12-30(19)23(35)20(27)16(2)32/h7-10,16-17,19-21,32-33H,4-6,11-14,27H2,1-3H3,(H3-,28,29,34,37)/p+1/t16-,17-,19+,20+,21+,26?,31?/m1/s1. The van der Waals surface area contributed by atoms with E-state index in [4.69, 9.17) is 17.2 Å². The highest BCUT2D eigenvalue weighted by atomic mass is 16.3. The van der Waals surface area contributed by atoms with Gasteiger partial charge in [0.2, 0.25) is 11.9 Å². The average molecular weight is 519 g/mol. The zero-order valence-corrected chi connectivity index (χ0v) is 21.8. The maximum atomic E-state index is 14.6. The number of nitrogens with zero attached hydrogens (tertiary/aromatic N) is 2. The van der Waals surface area contributed by atoms with E-state index in [0.717, 1.165) is 11.1 Å². The van der Waals surface area contributed by atoms with Crippen molar-refractivity contribution in [1.82, 2.24) is 4.90 Å². The lowest BCUT2D eigenvalue weighted by Gasteiger charge is -2.50. The normalized spacial score (nSPS) is 28.9. The zero-order chi connectivity index (χ0) is 27.7. The second-order valence-electron chi connectivity index (χ2n) is 10.6. The van der Waals surface area contributed by atoms with E-state index in [1.54, 1.807) is 0 Å². The molecule has 204 valence electrons. The van der Waals surface area contributed by atoms with E-state index in [-0.39, 0.29) is 32.4 Å². The van der Waals surface area contributed by atoms with Gasteiger partial charge in [0.05, 0.1) is 12.6 Å². The molecule has 0 spiro atoms. The number of aliphatic hydroxyl groups excluding tert-OH is 2. The monoisotopic (exact) mass is 518 g/mol. The predicted octanol–water partition coefficient (Wildman–Crippen LogP) is -1.17. The van der Waals surface area contributed by atoms with Gasteiger partial charge in [-0.3, -0.25) is 14.4 Å². The first-order valence-electron chi connectivity index (χ1n) is 12.8. The maximum absolute atomic E-state index is 14.6. The Kier molecular flexibility index (Phi) is 8.43. The molecular formula is C26H40N5O6+. The Bertz CT molecular complexity index is 1040.